The van der Waals surface area contributed by atoms with Gasteiger partial charge in [0.1, 0.15) is 5.60 Å². The lowest BCUT2D eigenvalue weighted by molar-refractivity contribution is -0.0511. The monoisotopic (exact) mass is 353 g/mol. The van der Waals surface area contributed by atoms with Gasteiger partial charge < -0.3 is 9.47 Å². The zero-order valence-corrected chi connectivity index (χ0v) is 15.3. The Labute approximate surface area is 152 Å². The number of fused-ring (bicyclic) bond motifs is 3. The number of aromatic nitrogens is 2. The molecule has 2 aromatic rings. The van der Waals surface area contributed by atoms with Gasteiger partial charge in [0.15, 0.2) is 0 Å². The summed E-state index contributed by atoms with van der Waals surface area (Å²) in [4.78, 5) is 23.7. The van der Waals surface area contributed by atoms with Gasteiger partial charge in [-0.05, 0) is 44.9 Å². The van der Waals surface area contributed by atoms with E-state index < -0.39 is 5.60 Å². The van der Waals surface area contributed by atoms with Crippen molar-refractivity contribution in [3.05, 3.63) is 42.2 Å². The van der Waals surface area contributed by atoms with E-state index in [1.54, 1.807) is 0 Å². The van der Waals surface area contributed by atoms with Crippen molar-refractivity contribution in [1.82, 2.24) is 14.9 Å². The largest absolute Gasteiger partial charge is 0.444 e. The molecule has 1 aromatic heterocycles. The van der Waals surface area contributed by atoms with Crippen LogP contribution in [0.5, 0.6) is 0 Å². The third-order valence-electron chi connectivity index (χ3n) is 4.58. The maximum absolute atomic E-state index is 12.6. The molecule has 0 saturated carbocycles. The number of amides is 1. The van der Waals surface area contributed by atoms with Gasteiger partial charge in [-0.3, -0.25) is 9.88 Å². The summed E-state index contributed by atoms with van der Waals surface area (Å²) >= 11 is 0. The number of nitrogens with zero attached hydrogens (tertiary/aromatic N) is 3. The Morgan fingerprint density at radius 2 is 2.00 bits per heavy atom. The molecule has 6 heteroatoms. The number of rotatable bonds is 1. The molecule has 1 fully saturated rings. The number of hydrogen-bond acceptors (Lipinski definition) is 5. The molecule has 1 amide bonds. The number of morpholine rings is 1. The number of para-hydroxylation sites is 2. The molecule has 1 aromatic carbocycles. The van der Waals surface area contributed by atoms with Gasteiger partial charge in [0.2, 0.25) is 0 Å². The van der Waals surface area contributed by atoms with Gasteiger partial charge in [-0.25, -0.2) is 9.78 Å². The maximum Gasteiger partial charge on any atom is 0.411 e. The van der Waals surface area contributed by atoms with E-state index in [1.165, 1.54) is 0 Å². The van der Waals surface area contributed by atoms with Crippen LogP contribution in [0, 0.1) is 0 Å². The number of carbonyl (C=O) groups excluding carboxylic acids is 1. The first-order chi connectivity index (χ1) is 12.4. The van der Waals surface area contributed by atoms with Crippen molar-refractivity contribution in [1.29, 1.82) is 0 Å². The van der Waals surface area contributed by atoms with E-state index >= 15 is 0 Å². The molecule has 26 heavy (non-hydrogen) atoms. The molecule has 1 saturated heterocycles. The zero-order valence-electron chi connectivity index (χ0n) is 15.3. The highest BCUT2D eigenvalue weighted by Gasteiger charge is 2.40. The summed E-state index contributed by atoms with van der Waals surface area (Å²) in [7, 11) is 0. The lowest BCUT2D eigenvalue weighted by Gasteiger charge is -2.44. The molecule has 2 unspecified atom stereocenters. The smallest absolute Gasteiger partial charge is 0.411 e. The number of benzene rings is 1. The fourth-order valence-electron chi connectivity index (χ4n) is 3.50. The minimum absolute atomic E-state index is 0.0446. The molecule has 4 rings (SSSR count). The van der Waals surface area contributed by atoms with E-state index in [1.807, 2.05) is 56.1 Å². The van der Waals surface area contributed by atoms with Crippen LogP contribution in [0.25, 0.3) is 16.6 Å². The van der Waals surface area contributed by atoms with Crippen LogP contribution in [0.4, 0.5) is 4.79 Å². The predicted molar refractivity (Wildman–Crippen MR) is 98.6 cm³/mol. The second kappa shape index (κ2) is 6.36. The van der Waals surface area contributed by atoms with E-state index in [4.69, 9.17) is 14.5 Å². The molecular weight excluding hydrogens is 330 g/mol. The Balaban J connectivity index is 1.64. The van der Waals surface area contributed by atoms with Crippen molar-refractivity contribution >= 4 is 22.7 Å². The molecule has 2 bridgehead atoms. The van der Waals surface area contributed by atoms with Crippen LogP contribution in [0.3, 0.4) is 0 Å². The second-order valence-electron chi connectivity index (χ2n) is 7.79. The minimum atomic E-state index is -0.514. The Morgan fingerprint density at radius 1 is 1.23 bits per heavy atom. The van der Waals surface area contributed by atoms with Crippen LogP contribution in [-0.2, 0) is 9.47 Å². The first-order valence-electron chi connectivity index (χ1n) is 8.93. The van der Waals surface area contributed by atoms with E-state index in [0.717, 1.165) is 22.3 Å². The lowest BCUT2D eigenvalue weighted by Crippen LogP contribution is -2.57. The molecule has 2 aliphatic heterocycles. The van der Waals surface area contributed by atoms with Crippen LogP contribution in [0.15, 0.2) is 36.5 Å². The van der Waals surface area contributed by atoms with Crippen LogP contribution >= 0.6 is 0 Å². The normalized spacial score (nSPS) is 22.9. The summed E-state index contributed by atoms with van der Waals surface area (Å²) in [6, 6.07) is 7.65. The van der Waals surface area contributed by atoms with Crippen molar-refractivity contribution in [2.24, 2.45) is 0 Å². The Morgan fingerprint density at radius 3 is 2.73 bits per heavy atom. The molecular formula is C20H23N3O3. The average Bonchev–Trinajstić information content (AvgIpc) is 2.58. The highest BCUT2D eigenvalue weighted by atomic mass is 16.6. The van der Waals surface area contributed by atoms with E-state index in [9.17, 15) is 4.79 Å². The van der Waals surface area contributed by atoms with Gasteiger partial charge in [0.25, 0.3) is 0 Å². The first-order valence-corrected chi connectivity index (χ1v) is 8.93. The van der Waals surface area contributed by atoms with Gasteiger partial charge in [0.05, 0.1) is 48.2 Å². The van der Waals surface area contributed by atoms with Gasteiger partial charge in [-0.1, -0.05) is 18.2 Å². The standard InChI is InChI=1S/C20H23N3O3/c1-20(2,3)26-19(24)23-14-8-13(9-15(23)12-25-11-14)18-10-21-16-6-4-5-7-17(16)22-18/h4-8,10,14-15H,9,11-12H2,1-3H3. The summed E-state index contributed by atoms with van der Waals surface area (Å²) in [6.07, 6.45) is 4.28. The predicted octanol–water partition coefficient (Wildman–Crippen LogP) is 3.42. The highest BCUT2D eigenvalue weighted by Crippen LogP contribution is 2.33. The molecule has 3 heterocycles. The number of carbonyl (C=O) groups is 1. The Hall–Kier alpha value is -2.47. The molecule has 0 aliphatic carbocycles. The van der Waals surface area contributed by atoms with Gasteiger partial charge >= 0.3 is 6.09 Å². The second-order valence-corrected chi connectivity index (χ2v) is 7.79. The maximum atomic E-state index is 12.6. The van der Waals surface area contributed by atoms with Crippen LogP contribution in [-0.4, -0.2) is 51.9 Å². The zero-order chi connectivity index (χ0) is 18.3. The minimum Gasteiger partial charge on any atom is -0.444 e. The van der Waals surface area contributed by atoms with Crippen LogP contribution < -0.4 is 0 Å². The lowest BCUT2D eigenvalue weighted by atomic mass is 9.93. The van der Waals surface area contributed by atoms with E-state index in [2.05, 4.69) is 11.1 Å². The Kier molecular flexibility index (Phi) is 4.15. The average molecular weight is 353 g/mol. The summed E-state index contributed by atoms with van der Waals surface area (Å²) in [5.41, 5.74) is 3.22. The van der Waals surface area contributed by atoms with Crippen LogP contribution in [0.2, 0.25) is 0 Å². The molecule has 0 radical (unpaired) electrons. The summed E-state index contributed by atoms with van der Waals surface area (Å²) in [6.45, 7) is 6.63. The summed E-state index contributed by atoms with van der Waals surface area (Å²) < 4.78 is 11.3. The summed E-state index contributed by atoms with van der Waals surface area (Å²) in [5.74, 6) is 0. The van der Waals surface area contributed by atoms with Crippen molar-refractivity contribution in [3.63, 3.8) is 0 Å². The van der Waals surface area contributed by atoms with Gasteiger partial charge in [-0.15, -0.1) is 0 Å². The number of hydrogen-bond donors (Lipinski definition) is 0. The van der Waals surface area contributed by atoms with Gasteiger partial charge in [-0.2, -0.15) is 0 Å². The fourth-order valence-corrected chi connectivity index (χ4v) is 3.50. The quantitative estimate of drug-likeness (QED) is 0.786. The first kappa shape index (κ1) is 17.0. The van der Waals surface area contributed by atoms with Crippen molar-refractivity contribution in [3.8, 4) is 0 Å². The van der Waals surface area contributed by atoms with E-state index in [0.29, 0.717) is 19.6 Å². The highest BCUT2D eigenvalue weighted by molar-refractivity contribution is 5.78. The molecule has 136 valence electrons. The topological polar surface area (TPSA) is 64.5 Å². The molecule has 2 atom stereocenters. The van der Waals surface area contributed by atoms with Gasteiger partial charge in [0, 0.05) is 0 Å². The van der Waals surface area contributed by atoms with E-state index in [-0.39, 0.29) is 18.2 Å². The van der Waals surface area contributed by atoms with Crippen LogP contribution in [0.1, 0.15) is 32.9 Å². The van der Waals surface area contributed by atoms with Crippen molar-refractivity contribution < 1.29 is 14.3 Å². The molecule has 0 N–H and O–H groups in total. The SMILES string of the molecule is CC(C)(C)OC(=O)N1C2C=C(c3cnc4ccccc4n3)CC1COC2. The third kappa shape index (κ3) is 3.29. The Bertz CT molecular complexity index is 872. The third-order valence-corrected chi connectivity index (χ3v) is 4.58. The fraction of sp³-hybridized carbons (Fsp3) is 0.450. The summed E-state index contributed by atoms with van der Waals surface area (Å²) in [5, 5.41) is 0. The molecule has 0 spiro atoms. The number of ether oxygens (including phenoxy) is 2. The van der Waals surface area contributed by atoms with Crippen molar-refractivity contribution in [2.75, 3.05) is 13.2 Å². The molecule has 2 aliphatic rings. The molecule has 6 nitrogen and oxygen atoms in total. The van der Waals surface area contributed by atoms with Crippen molar-refractivity contribution in [2.45, 2.75) is 44.9 Å².